The molecule has 3 heterocycles. The molecule has 140 valence electrons. The van der Waals surface area contributed by atoms with Crippen LogP contribution in [0.4, 0.5) is 0 Å². The van der Waals surface area contributed by atoms with Gasteiger partial charge in [0.2, 0.25) is 0 Å². The predicted molar refractivity (Wildman–Crippen MR) is 107 cm³/mol. The van der Waals surface area contributed by atoms with Crippen LogP contribution in [0.1, 0.15) is 5.69 Å². The van der Waals surface area contributed by atoms with Gasteiger partial charge in [0.05, 0.1) is 17.8 Å². The first-order valence-corrected chi connectivity index (χ1v) is 8.94. The number of aliphatic hydroxyl groups is 1. The fourth-order valence-corrected chi connectivity index (χ4v) is 2.87. The molecule has 0 unspecified atom stereocenters. The lowest BCUT2D eigenvalue weighted by Crippen LogP contribution is -2.01. The minimum absolute atomic E-state index is 0.0447. The van der Waals surface area contributed by atoms with Gasteiger partial charge >= 0.3 is 0 Å². The number of aromatic nitrogens is 3. The highest BCUT2D eigenvalue weighted by Gasteiger charge is 2.13. The summed E-state index contributed by atoms with van der Waals surface area (Å²) in [5.41, 5.74) is 3.09. The maximum Gasteiger partial charge on any atom is 0.155 e. The molecule has 0 aliphatic rings. The number of aryl methyl sites for hydroxylation is 1. The number of pyridine rings is 3. The van der Waals surface area contributed by atoms with Crippen LogP contribution in [0, 0.1) is 6.92 Å². The third-order valence-corrected chi connectivity index (χ3v) is 4.16. The molecule has 4 rings (SSSR count). The highest BCUT2D eigenvalue weighted by Crippen LogP contribution is 2.35. The second-order valence-corrected chi connectivity index (χ2v) is 6.18. The maximum absolute atomic E-state index is 8.98. The smallest absolute Gasteiger partial charge is 0.155 e. The van der Waals surface area contributed by atoms with Gasteiger partial charge in [-0.15, -0.1) is 0 Å². The summed E-state index contributed by atoms with van der Waals surface area (Å²) in [5.74, 6) is 1.90. The van der Waals surface area contributed by atoms with Gasteiger partial charge in [0.25, 0.3) is 0 Å². The van der Waals surface area contributed by atoms with Crippen LogP contribution in [0.3, 0.4) is 0 Å². The lowest BCUT2D eigenvalue weighted by molar-refractivity contribution is 0.201. The lowest BCUT2D eigenvalue weighted by Gasteiger charge is -2.13. The van der Waals surface area contributed by atoms with Crippen LogP contribution in [0.15, 0.2) is 67.0 Å². The number of hydrogen-bond acceptors (Lipinski definition) is 6. The van der Waals surface area contributed by atoms with Crippen molar-refractivity contribution in [2.24, 2.45) is 0 Å². The van der Waals surface area contributed by atoms with Crippen molar-refractivity contribution in [3.63, 3.8) is 0 Å². The number of aliphatic hydroxyl groups excluding tert-OH is 1. The van der Waals surface area contributed by atoms with Crippen LogP contribution in [-0.4, -0.2) is 33.3 Å². The molecule has 1 aromatic carbocycles. The van der Waals surface area contributed by atoms with Gasteiger partial charge in [0, 0.05) is 23.5 Å². The SMILES string of the molecule is Cc1ccc(Oc2ccnc3ccc(OCCO)cc23)c(-c2ccccn2)n1. The molecule has 0 fully saturated rings. The number of ether oxygens (including phenoxy) is 2. The maximum atomic E-state index is 8.98. The summed E-state index contributed by atoms with van der Waals surface area (Å²) in [5, 5.41) is 9.79. The van der Waals surface area contributed by atoms with E-state index >= 15 is 0 Å². The molecular weight excluding hydrogens is 354 g/mol. The van der Waals surface area contributed by atoms with Crippen LogP contribution < -0.4 is 9.47 Å². The third kappa shape index (κ3) is 3.77. The molecule has 4 aromatic rings. The lowest BCUT2D eigenvalue weighted by atomic mass is 10.2. The molecule has 6 heteroatoms. The van der Waals surface area contributed by atoms with Gasteiger partial charge in [0.1, 0.15) is 23.8 Å². The Balaban J connectivity index is 1.76. The summed E-state index contributed by atoms with van der Waals surface area (Å²) >= 11 is 0. The Morgan fingerprint density at radius 1 is 0.929 bits per heavy atom. The highest BCUT2D eigenvalue weighted by molar-refractivity contribution is 5.86. The molecule has 3 aromatic heterocycles. The number of nitrogens with zero attached hydrogens (tertiary/aromatic N) is 3. The third-order valence-electron chi connectivity index (χ3n) is 4.16. The van der Waals surface area contributed by atoms with Crippen molar-refractivity contribution in [1.29, 1.82) is 0 Å². The van der Waals surface area contributed by atoms with Crippen LogP contribution in [0.5, 0.6) is 17.2 Å². The zero-order valence-corrected chi connectivity index (χ0v) is 15.4. The van der Waals surface area contributed by atoms with E-state index in [9.17, 15) is 0 Å². The highest BCUT2D eigenvalue weighted by atomic mass is 16.5. The van der Waals surface area contributed by atoms with Gasteiger partial charge in [0.15, 0.2) is 5.75 Å². The number of fused-ring (bicyclic) bond motifs is 1. The van der Waals surface area contributed by atoms with Gasteiger partial charge in [-0.1, -0.05) is 6.07 Å². The normalized spacial score (nSPS) is 10.8. The van der Waals surface area contributed by atoms with Gasteiger partial charge < -0.3 is 14.6 Å². The Hall–Kier alpha value is -3.51. The first kappa shape index (κ1) is 17.9. The van der Waals surface area contributed by atoms with Gasteiger partial charge in [-0.05, 0) is 55.5 Å². The summed E-state index contributed by atoms with van der Waals surface area (Å²) in [6, 6.07) is 16.8. The van der Waals surface area contributed by atoms with Gasteiger partial charge in [-0.2, -0.15) is 0 Å². The molecule has 1 N–H and O–H groups in total. The van der Waals surface area contributed by atoms with E-state index in [1.165, 1.54) is 0 Å². The standard InChI is InChI=1S/C22H19N3O3/c1-15-5-8-21(22(25-15)19-4-2-3-10-23-19)28-20-9-11-24-18-7-6-16(14-17(18)20)27-13-12-26/h2-11,14,26H,12-13H2,1H3. The van der Waals surface area contributed by atoms with Gasteiger partial charge in [-0.3, -0.25) is 9.97 Å². The largest absolute Gasteiger partial charge is 0.491 e. The summed E-state index contributed by atoms with van der Waals surface area (Å²) < 4.78 is 11.8. The zero-order valence-electron chi connectivity index (χ0n) is 15.4. The van der Waals surface area contributed by atoms with Crippen molar-refractivity contribution in [2.45, 2.75) is 6.92 Å². The van der Waals surface area contributed by atoms with E-state index in [1.54, 1.807) is 18.5 Å². The summed E-state index contributed by atoms with van der Waals surface area (Å²) in [6.45, 7) is 2.12. The van der Waals surface area contributed by atoms with Crippen molar-refractivity contribution < 1.29 is 14.6 Å². The molecule has 0 radical (unpaired) electrons. The van der Waals surface area contributed by atoms with E-state index in [0.29, 0.717) is 22.9 Å². The Morgan fingerprint density at radius 3 is 2.68 bits per heavy atom. The van der Waals surface area contributed by atoms with Crippen molar-refractivity contribution >= 4 is 10.9 Å². The molecule has 6 nitrogen and oxygen atoms in total. The minimum Gasteiger partial charge on any atom is -0.491 e. The van der Waals surface area contributed by atoms with Crippen molar-refractivity contribution in [2.75, 3.05) is 13.2 Å². The Labute approximate surface area is 162 Å². The number of rotatable bonds is 6. The van der Waals surface area contributed by atoms with E-state index in [-0.39, 0.29) is 13.2 Å². The topological polar surface area (TPSA) is 77.4 Å². The predicted octanol–water partition coefficient (Wildman–Crippen LogP) is 4.16. The Morgan fingerprint density at radius 2 is 1.86 bits per heavy atom. The molecule has 0 saturated heterocycles. The van der Waals surface area contributed by atoms with E-state index in [0.717, 1.165) is 22.3 Å². The molecule has 0 bridgehead atoms. The zero-order chi connectivity index (χ0) is 19.3. The number of hydrogen-bond donors (Lipinski definition) is 1. The quantitative estimate of drug-likeness (QED) is 0.547. The van der Waals surface area contributed by atoms with Crippen LogP contribution in [0.25, 0.3) is 22.3 Å². The first-order valence-electron chi connectivity index (χ1n) is 8.94. The van der Waals surface area contributed by atoms with Crippen molar-refractivity contribution in [1.82, 2.24) is 15.0 Å². The Bertz CT molecular complexity index is 1100. The molecule has 28 heavy (non-hydrogen) atoms. The summed E-state index contributed by atoms with van der Waals surface area (Å²) in [6.07, 6.45) is 3.43. The minimum atomic E-state index is -0.0447. The van der Waals surface area contributed by atoms with Crippen LogP contribution in [-0.2, 0) is 0 Å². The van der Waals surface area contributed by atoms with Gasteiger partial charge in [-0.25, -0.2) is 4.98 Å². The molecular formula is C22H19N3O3. The monoisotopic (exact) mass is 373 g/mol. The van der Waals surface area contributed by atoms with Crippen molar-refractivity contribution in [3.05, 3.63) is 72.7 Å². The average Bonchev–Trinajstić information content (AvgIpc) is 2.74. The molecule has 0 amide bonds. The second kappa shape index (κ2) is 8.02. The molecule has 0 spiro atoms. The Kier molecular flexibility index (Phi) is 5.12. The average molecular weight is 373 g/mol. The molecule has 0 aliphatic heterocycles. The van der Waals surface area contributed by atoms with Crippen LogP contribution in [0.2, 0.25) is 0 Å². The first-order chi connectivity index (χ1) is 13.7. The molecule has 0 atom stereocenters. The fraction of sp³-hybridized carbons (Fsp3) is 0.136. The van der Waals surface area contributed by atoms with Crippen molar-refractivity contribution in [3.8, 4) is 28.6 Å². The van der Waals surface area contributed by atoms with E-state index in [4.69, 9.17) is 14.6 Å². The molecule has 0 aliphatic carbocycles. The fourth-order valence-electron chi connectivity index (χ4n) is 2.87. The van der Waals surface area contributed by atoms with Crippen LogP contribution >= 0.6 is 0 Å². The van der Waals surface area contributed by atoms with E-state index in [1.807, 2.05) is 55.5 Å². The number of benzene rings is 1. The molecule has 0 saturated carbocycles. The van der Waals surface area contributed by atoms with E-state index < -0.39 is 0 Å². The second-order valence-electron chi connectivity index (χ2n) is 6.18. The van der Waals surface area contributed by atoms with E-state index in [2.05, 4.69) is 15.0 Å². The summed E-state index contributed by atoms with van der Waals surface area (Å²) in [4.78, 5) is 13.4. The summed E-state index contributed by atoms with van der Waals surface area (Å²) in [7, 11) is 0.